The van der Waals surface area contributed by atoms with E-state index in [9.17, 15) is 4.39 Å². The second kappa shape index (κ2) is 7.02. The molecule has 0 aliphatic heterocycles. The van der Waals surface area contributed by atoms with Crippen molar-refractivity contribution in [2.45, 2.75) is 6.61 Å². The Morgan fingerprint density at radius 2 is 1.70 bits per heavy atom. The predicted molar refractivity (Wildman–Crippen MR) is 82.6 cm³/mol. The Morgan fingerprint density at radius 3 is 2.35 bits per heavy atom. The first kappa shape index (κ1) is 15.2. The van der Waals surface area contributed by atoms with Crippen LogP contribution in [0.4, 0.5) is 4.39 Å². The number of aliphatic hydroxyl groups excluding tert-OH is 1. The monoisotopic (exact) mass is 313 g/mol. The zero-order valence-electron chi connectivity index (χ0n) is 12.3. The molecule has 0 amide bonds. The van der Waals surface area contributed by atoms with Crippen LogP contribution in [0.15, 0.2) is 53.1 Å². The quantitative estimate of drug-likeness (QED) is 0.756. The molecular formula is C17H15FN2O3. The molecule has 1 N–H and O–H groups in total. The van der Waals surface area contributed by atoms with Crippen LogP contribution in [0.5, 0.6) is 5.75 Å². The Labute approximate surface area is 132 Å². The lowest BCUT2D eigenvalue weighted by atomic mass is 10.1. The summed E-state index contributed by atoms with van der Waals surface area (Å²) in [7, 11) is 0. The Morgan fingerprint density at radius 1 is 1.00 bits per heavy atom. The van der Waals surface area contributed by atoms with Crippen LogP contribution >= 0.6 is 0 Å². The standard InChI is InChI=1S/C17H15FN2O3/c18-9-10-22-15-7-5-14(6-8-15)17-19-16(20-23-17)13-3-1-12(11-21)2-4-13/h1-8,21H,9-11H2/i18-1. The number of aliphatic hydroxyl groups is 1. The van der Waals surface area contributed by atoms with E-state index in [-0.39, 0.29) is 13.2 Å². The zero-order chi connectivity index (χ0) is 16.1. The number of hydrogen-bond donors (Lipinski definition) is 1. The highest BCUT2D eigenvalue weighted by Crippen LogP contribution is 2.24. The molecule has 0 bridgehead atoms. The van der Waals surface area contributed by atoms with Crippen molar-refractivity contribution in [3.8, 4) is 28.6 Å². The molecule has 23 heavy (non-hydrogen) atoms. The molecule has 6 heteroatoms. The fourth-order valence-electron chi connectivity index (χ4n) is 2.07. The molecule has 118 valence electrons. The largest absolute Gasteiger partial charge is 0.491 e. The van der Waals surface area contributed by atoms with Gasteiger partial charge in [-0.25, -0.2) is 4.39 Å². The molecule has 0 saturated heterocycles. The highest BCUT2D eigenvalue weighted by atomic mass is 18.2. The maximum atomic E-state index is 12.1. The number of aromatic nitrogens is 2. The third-order valence-corrected chi connectivity index (χ3v) is 3.27. The first-order valence-corrected chi connectivity index (χ1v) is 7.13. The number of hydrogen-bond acceptors (Lipinski definition) is 5. The minimum absolute atomic E-state index is 0.00536. The van der Waals surface area contributed by atoms with Crippen molar-refractivity contribution in [2.24, 2.45) is 0 Å². The van der Waals surface area contributed by atoms with Gasteiger partial charge in [0.05, 0.1) is 6.61 Å². The van der Waals surface area contributed by atoms with E-state index in [1.807, 2.05) is 24.3 Å². The van der Waals surface area contributed by atoms with E-state index in [4.69, 9.17) is 14.4 Å². The summed E-state index contributed by atoms with van der Waals surface area (Å²) in [6.45, 7) is -0.494. The first-order valence-electron chi connectivity index (χ1n) is 7.13. The molecule has 0 aliphatic carbocycles. The molecule has 0 saturated carbocycles. The summed E-state index contributed by atoms with van der Waals surface area (Å²) in [4.78, 5) is 4.36. The highest BCUT2D eigenvalue weighted by molar-refractivity contribution is 5.60. The van der Waals surface area contributed by atoms with Gasteiger partial charge in [-0.3, -0.25) is 0 Å². The topological polar surface area (TPSA) is 68.4 Å². The van der Waals surface area contributed by atoms with Crippen molar-refractivity contribution < 1.29 is 18.8 Å². The molecule has 5 nitrogen and oxygen atoms in total. The molecule has 0 spiro atoms. The van der Waals surface area contributed by atoms with E-state index in [2.05, 4.69) is 10.1 Å². The summed E-state index contributed by atoms with van der Waals surface area (Å²) in [5.41, 5.74) is 2.38. The maximum Gasteiger partial charge on any atom is 0.258 e. The van der Waals surface area contributed by atoms with Crippen LogP contribution < -0.4 is 4.74 Å². The molecule has 1 heterocycles. The normalized spacial score (nSPS) is 10.7. The van der Waals surface area contributed by atoms with Crippen molar-refractivity contribution in [3.63, 3.8) is 0 Å². The van der Waals surface area contributed by atoms with Crippen LogP contribution in [0.2, 0.25) is 0 Å². The van der Waals surface area contributed by atoms with Gasteiger partial charge in [-0.05, 0) is 29.8 Å². The van der Waals surface area contributed by atoms with Crippen LogP contribution in [-0.2, 0) is 6.61 Å². The van der Waals surface area contributed by atoms with E-state index in [1.165, 1.54) is 0 Å². The second-order valence-electron chi connectivity index (χ2n) is 4.84. The summed E-state index contributed by atoms with van der Waals surface area (Å²) in [6.07, 6.45) is 0. The summed E-state index contributed by atoms with van der Waals surface area (Å²) in [6, 6.07) is 14.3. The Bertz CT molecular complexity index is 754. The summed E-state index contributed by atoms with van der Waals surface area (Å²) >= 11 is 0. The van der Waals surface area contributed by atoms with Gasteiger partial charge >= 0.3 is 0 Å². The van der Waals surface area contributed by atoms with Crippen molar-refractivity contribution in [3.05, 3.63) is 54.1 Å². The van der Waals surface area contributed by atoms with Gasteiger partial charge in [-0.15, -0.1) is 0 Å². The van der Waals surface area contributed by atoms with Crippen LogP contribution in [0.1, 0.15) is 5.56 Å². The lowest BCUT2D eigenvalue weighted by Gasteiger charge is -2.03. The number of halogens is 1. The maximum absolute atomic E-state index is 12.1. The molecule has 1 aromatic heterocycles. The molecule has 2 aromatic carbocycles. The minimum atomic E-state index is -0.524. The zero-order valence-corrected chi connectivity index (χ0v) is 12.3. The van der Waals surface area contributed by atoms with Crippen molar-refractivity contribution >= 4 is 0 Å². The Hall–Kier alpha value is -2.73. The molecule has 0 aliphatic rings. The summed E-state index contributed by atoms with van der Waals surface area (Å²) in [5, 5.41) is 13.0. The van der Waals surface area contributed by atoms with Gasteiger partial charge in [-0.2, -0.15) is 4.98 Å². The van der Waals surface area contributed by atoms with Gasteiger partial charge in [0.1, 0.15) is 19.0 Å². The van der Waals surface area contributed by atoms with Crippen LogP contribution in [0.3, 0.4) is 0 Å². The van der Waals surface area contributed by atoms with Gasteiger partial charge in [0.25, 0.3) is 5.89 Å². The number of benzene rings is 2. The fourth-order valence-corrected chi connectivity index (χ4v) is 2.07. The van der Waals surface area contributed by atoms with E-state index in [1.54, 1.807) is 24.3 Å². The molecule has 0 fully saturated rings. The molecule has 0 radical (unpaired) electrons. The number of alkyl halides is 1. The number of rotatable bonds is 6. The van der Waals surface area contributed by atoms with Gasteiger partial charge < -0.3 is 14.4 Å². The van der Waals surface area contributed by atoms with Gasteiger partial charge in [-0.1, -0.05) is 29.4 Å². The predicted octanol–water partition coefficient (Wildman–Crippen LogP) is 3.24. The third kappa shape index (κ3) is 3.54. The smallest absolute Gasteiger partial charge is 0.258 e. The first-order chi connectivity index (χ1) is 11.3. The molecule has 0 unspecified atom stereocenters. The Kier molecular flexibility index (Phi) is 4.63. The van der Waals surface area contributed by atoms with E-state index in [0.717, 1.165) is 16.7 Å². The third-order valence-electron chi connectivity index (χ3n) is 3.27. The van der Waals surface area contributed by atoms with Crippen LogP contribution in [-0.4, -0.2) is 28.5 Å². The van der Waals surface area contributed by atoms with Crippen molar-refractivity contribution in [1.29, 1.82) is 0 Å². The SMILES string of the molecule is OCc1ccc(-c2noc(-c3ccc(OCC[18F])cc3)n2)cc1. The Balaban J connectivity index is 1.78. The second-order valence-corrected chi connectivity index (χ2v) is 4.84. The van der Waals surface area contributed by atoms with E-state index >= 15 is 0 Å². The molecule has 3 rings (SSSR count). The number of nitrogens with zero attached hydrogens (tertiary/aromatic N) is 2. The number of ether oxygens (including phenoxy) is 1. The van der Waals surface area contributed by atoms with Gasteiger partial charge in [0.15, 0.2) is 0 Å². The van der Waals surface area contributed by atoms with Crippen LogP contribution in [0.25, 0.3) is 22.8 Å². The van der Waals surface area contributed by atoms with Crippen LogP contribution in [0, 0.1) is 0 Å². The fraction of sp³-hybridized carbons (Fsp3) is 0.176. The van der Waals surface area contributed by atoms with E-state index in [0.29, 0.717) is 17.5 Å². The highest BCUT2D eigenvalue weighted by Gasteiger charge is 2.10. The average Bonchev–Trinajstić information content (AvgIpc) is 3.10. The summed E-state index contributed by atoms with van der Waals surface area (Å²) < 4.78 is 22.5. The van der Waals surface area contributed by atoms with E-state index < -0.39 is 6.67 Å². The van der Waals surface area contributed by atoms with Crippen molar-refractivity contribution in [2.75, 3.05) is 13.3 Å². The average molecular weight is 313 g/mol. The lowest BCUT2D eigenvalue weighted by molar-refractivity contribution is 0.273. The minimum Gasteiger partial charge on any atom is -0.491 e. The van der Waals surface area contributed by atoms with Gasteiger partial charge in [0.2, 0.25) is 5.82 Å². The van der Waals surface area contributed by atoms with Gasteiger partial charge in [0, 0.05) is 11.1 Å². The summed E-state index contributed by atoms with van der Waals surface area (Å²) in [5.74, 6) is 1.45. The lowest BCUT2D eigenvalue weighted by Crippen LogP contribution is -1.98. The molecular weight excluding hydrogens is 298 g/mol. The molecule has 0 atom stereocenters. The van der Waals surface area contributed by atoms with Crippen molar-refractivity contribution in [1.82, 2.24) is 10.1 Å². The molecule has 3 aromatic rings.